The lowest BCUT2D eigenvalue weighted by molar-refractivity contribution is 0.212. The van der Waals surface area contributed by atoms with E-state index in [1.807, 2.05) is 31.2 Å². The van der Waals surface area contributed by atoms with Gasteiger partial charge in [-0.15, -0.1) is 0 Å². The fourth-order valence-corrected chi connectivity index (χ4v) is 4.87. The summed E-state index contributed by atoms with van der Waals surface area (Å²) in [5.41, 5.74) is 5.34. The fourth-order valence-electron chi connectivity index (χ4n) is 4.87. The average Bonchev–Trinajstić information content (AvgIpc) is 3.42. The monoisotopic (exact) mass is 469 g/mol. The van der Waals surface area contributed by atoms with Crippen molar-refractivity contribution in [2.45, 2.75) is 13.0 Å². The summed E-state index contributed by atoms with van der Waals surface area (Å²) >= 11 is 0. The van der Waals surface area contributed by atoms with Gasteiger partial charge in [0.1, 0.15) is 23.5 Å². The first kappa shape index (κ1) is 22.8. The molecule has 176 valence electrons. The molecule has 0 unspecified atom stereocenters. The first-order valence-corrected chi connectivity index (χ1v) is 11.6. The Morgan fingerprint density at radius 1 is 0.857 bits per heavy atom. The van der Waals surface area contributed by atoms with E-state index >= 15 is 0 Å². The summed E-state index contributed by atoms with van der Waals surface area (Å²) in [5, 5.41) is 9.86. The van der Waals surface area contributed by atoms with E-state index in [2.05, 4.69) is 15.9 Å². The predicted octanol–water partition coefficient (Wildman–Crippen LogP) is 6.32. The number of nitriles is 1. The Kier molecular flexibility index (Phi) is 6.35. The van der Waals surface area contributed by atoms with Crippen molar-refractivity contribution in [2.24, 2.45) is 0 Å². The Labute approximate surface area is 203 Å². The first-order chi connectivity index (χ1) is 17.0. The molecule has 3 aromatic carbocycles. The van der Waals surface area contributed by atoms with Gasteiger partial charge in [0.2, 0.25) is 0 Å². The summed E-state index contributed by atoms with van der Waals surface area (Å²) in [4.78, 5) is 4.56. The number of nitrogens with zero attached hydrogens (tertiary/aromatic N) is 3. The summed E-state index contributed by atoms with van der Waals surface area (Å²) in [6, 6.07) is 23.0. The molecule has 0 atom stereocenters. The molecule has 1 aliphatic rings. The molecule has 0 spiro atoms. The molecule has 0 N–H and O–H groups in total. The molecule has 1 fully saturated rings. The maximum atomic E-state index is 13.6. The van der Waals surface area contributed by atoms with E-state index in [9.17, 15) is 14.0 Å². The molecule has 0 saturated carbocycles. The highest BCUT2D eigenvalue weighted by Gasteiger charge is 2.28. The van der Waals surface area contributed by atoms with Gasteiger partial charge in [0, 0.05) is 31.7 Å². The van der Waals surface area contributed by atoms with Gasteiger partial charge in [0.25, 0.3) is 0 Å². The second kappa shape index (κ2) is 9.73. The lowest BCUT2D eigenvalue weighted by Gasteiger charge is -2.41. The number of aryl methyl sites for hydroxylation is 1. The van der Waals surface area contributed by atoms with Gasteiger partial charge in [-0.05, 0) is 72.1 Å². The largest absolute Gasteiger partial charge is 0.464 e. The normalized spacial score (nSPS) is 14.3. The van der Waals surface area contributed by atoms with Crippen molar-refractivity contribution in [2.75, 3.05) is 31.1 Å². The standard InChI is InChI=1S/C29H25F2N3O/c1-20-17-23(28-3-2-16-35-28)18-27(26(20)19-32)33-12-14-34(15-13-33)29(21-4-8-24(30)9-5-21)22-6-10-25(31)11-7-22/h2-11,16-18,29H,12-15H2,1H3. The molecule has 5 rings (SSSR count). The Morgan fingerprint density at radius 3 is 1.97 bits per heavy atom. The average molecular weight is 470 g/mol. The van der Waals surface area contributed by atoms with Crippen LogP contribution in [0.25, 0.3) is 11.3 Å². The zero-order chi connectivity index (χ0) is 24.4. The van der Waals surface area contributed by atoms with Crippen molar-refractivity contribution < 1.29 is 13.2 Å². The molecular weight excluding hydrogens is 444 g/mol. The van der Waals surface area contributed by atoms with Crippen LogP contribution in [-0.4, -0.2) is 31.1 Å². The molecule has 1 aromatic heterocycles. The Bertz CT molecular complexity index is 1290. The molecule has 0 amide bonds. The topological polar surface area (TPSA) is 43.4 Å². The van der Waals surface area contributed by atoms with Crippen LogP contribution in [0.5, 0.6) is 0 Å². The quantitative estimate of drug-likeness (QED) is 0.343. The summed E-state index contributed by atoms with van der Waals surface area (Å²) in [7, 11) is 0. The zero-order valence-corrected chi connectivity index (χ0v) is 19.4. The third-order valence-electron chi connectivity index (χ3n) is 6.62. The van der Waals surface area contributed by atoms with Gasteiger partial charge in [-0.1, -0.05) is 24.3 Å². The van der Waals surface area contributed by atoms with Crippen LogP contribution >= 0.6 is 0 Å². The maximum absolute atomic E-state index is 13.6. The highest BCUT2D eigenvalue weighted by atomic mass is 19.1. The molecule has 1 saturated heterocycles. The van der Waals surface area contributed by atoms with E-state index in [0.717, 1.165) is 46.8 Å². The van der Waals surface area contributed by atoms with Gasteiger partial charge >= 0.3 is 0 Å². The van der Waals surface area contributed by atoms with Gasteiger partial charge in [0.05, 0.1) is 23.6 Å². The van der Waals surface area contributed by atoms with Crippen molar-refractivity contribution >= 4 is 5.69 Å². The Morgan fingerprint density at radius 2 is 1.46 bits per heavy atom. The van der Waals surface area contributed by atoms with E-state index in [1.54, 1.807) is 30.5 Å². The summed E-state index contributed by atoms with van der Waals surface area (Å²) < 4.78 is 32.8. The van der Waals surface area contributed by atoms with Crippen LogP contribution in [0, 0.1) is 29.9 Å². The van der Waals surface area contributed by atoms with E-state index in [1.165, 1.54) is 24.3 Å². The van der Waals surface area contributed by atoms with Gasteiger partial charge in [-0.25, -0.2) is 8.78 Å². The first-order valence-electron chi connectivity index (χ1n) is 11.6. The van der Waals surface area contributed by atoms with E-state index in [4.69, 9.17) is 4.42 Å². The van der Waals surface area contributed by atoms with Gasteiger partial charge in [-0.3, -0.25) is 4.90 Å². The van der Waals surface area contributed by atoms with Crippen LogP contribution in [0.15, 0.2) is 83.5 Å². The SMILES string of the molecule is Cc1cc(-c2ccco2)cc(N2CCN(C(c3ccc(F)cc3)c3ccc(F)cc3)CC2)c1C#N. The van der Waals surface area contributed by atoms with Crippen molar-refractivity contribution in [3.05, 3.63) is 113 Å². The third kappa shape index (κ3) is 4.68. The molecule has 4 nitrogen and oxygen atoms in total. The molecule has 6 heteroatoms. The molecule has 35 heavy (non-hydrogen) atoms. The third-order valence-corrected chi connectivity index (χ3v) is 6.62. The predicted molar refractivity (Wildman–Crippen MR) is 132 cm³/mol. The molecule has 0 aliphatic carbocycles. The minimum Gasteiger partial charge on any atom is -0.464 e. The number of rotatable bonds is 5. The fraction of sp³-hybridized carbons (Fsp3) is 0.207. The number of halogens is 2. The molecular formula is C29H25F2N3O. The van der Waals surface area contributed by atoms with E-state index < -0.39 is 0 Å². The van der Waals surface area contributed by atoms with Crippen LogP contribution in [0.3, 0.4) is 0 Å². The van der Waals surface area contributed by atoms with Crippen LogP contribution < -0.4 is 4.90 Å². The number of piperazine rings is 1. The highest BCUT2D eigenvalue weighted by Crippen LogP contribution is 2.34. The van der Waals surface area contributed by atoms with Gasteiger partial charge in [-0.2, -0.15) is 5.26 Å². The van der Waals surface area contributed by atoms with Crippen LogP contribution in [0.4, 0.5) is 14.5 Å². The van der Waals surface area contributed by atoms with Gasteiger partial charge in [0.15, 0.2) is 0 Å². The van der Waals surface area contributed by atoms with E-state index in [0.29, 0.717) is 18.7 Å². The van der Waals surface area contributed by atoms with Crippen molar-refractivity contribution in [3.8, 4) is 17.4 Å². The molecule has 2 heterocycles. The lowest BCUT2D eigenvalue weighted by atomic mass is 9.96. The molecule has 0 bridgehead atoms. The molecule has 4 aromatic rings. The number of furan rings is 1. The second-order valence-corrected chi connectivity index (χ2v) is 8.81. The summed E-state index contributed by atoms with van der Waals surface area (Å²) in [5.74, 6) is 0.199. The van der Waals surface area contributed by atoms with E-state index in [-0.39, 0.29) is 17.7 Å². The number of anilines is 1. The van der Waals surface area contributed by atoms with Crippen molar-refractivity contribution in [3.63, 3.8) is 0 Å². The highest BCUT2D eigenvalue weighted by molar-refractivity contribution is 5.72. The van der Waals surface area contributed by atoms with Crippen LogP contribution in [0.2, 0.25) is 0 Å². The Hall–Kier alpha value is -3.95. The smallest absolute Gasteiger partial charge is 0.133 e. The van der Waals surface area contributed by atoms with Crippen molar-refractivity contribution in [1.82, 2.24) is 4.90 Å². The minimum atomic E-state index is -0.285. The number of benzene rings is 3. The molecule has 0 radical (unpaired) electrons. The lowest BCUT2D eigenvalue weighted by Crippen LogP contribution is -2.48. The van der Waals surface area contributed by atoms with Crippen molar-refractivity contribution in [1.29, 1.82) is 5.26 Å². The minimum absolute atomic E-state index is 0.120. The molecule has 1 aliphatic heterocycles. The van der Waals surface area contributed by atoms with Crippen LogP contribution in [0.1, 0.15) is 28.3 Å². The maximum Gasteiger partial charge on any atom is 0.133 e. The summed E-state index contributed by atoms with van der Waals surface area (Å²) in [6.07, 6.45) is 1.65. The summed E-state index contributed by atoms with van der Waals surface area (Å²) in [6.45, 7) is 4.84. The van der Waals surface area contributed by atoms with Gasteiger partial charge < -0.3 is 9.32 Å². The Balaban J connectivity index is 1.43. The second-order valence-electron chi connectivity index (χ2n) is 8.81. The van der Waals surface area contributed by atoms with Crippen LogP contribution in [-0.2, 0) is 0 Å². The number of hydrogen-bond donors (Lipinski definition) is 0. The zero-order valence-electron chi connectivity index (χ0n) is 19.4. The number of hydrogen-bond acceptors (Lipinski definition) is 4.